The summed E-state index contributed by atoms with van der Waals surface area (Å²) in [4.78, 5) is 4.26. The highest BCUT2D eigenvalue weighted by atomic mass is 127. The molecule has 25 heavy (non-hydrogen) atoms. The Morgan fingerprint density at radius 3 is 2.68 bits per heavy atom. The van der Waals surface area contributed by atoms with Crippen LogP contribution in [0.4, 0.5) is 0 Å². The zero-order chi connectivity index (χ0) is 17.2. The number of halogens is 2. The van der Waals surface area contributed by atoms with Crippen molar-refractivity contribution >= 4 is 55.7 Å². The van der Waals surface area contributed by atoms with E-state index in [1.54, 1.807) is 7.05 Å². The van der Waals surface area contributed by atoms with E-state index in [4.69, 9.17) is 0 Å². The number of nitrogens with zero attached hydrogens (tertiary/aromatic N) is 1. The maximum absolute atomic E-state index is 11.6. The number of sulfone groups is 1. The highest BCUT2D eigenvalue weighted by Gasteiger charge is 2.39. The average molecular weight is 542 g/mol. The molecule has 1 unspecified atom stereocenters. The molecule has 0 spiro atoms. The molecule has 1 aliphatic carbocycles. The van der Waals surface area contributed by atoms with Crippen molar-refractivity contribution in [3.63, 3.8) is 0 Å². The average Bonchev–Trinajstić information content (AvgIpc) is 2.84. The van der Waals surface area contributed by atoms with E-state index in [0.717, 1.165) is 23.9 Å². The molecule has 1 aromatic carbocycles. The van der Waals surface area contributed by atoms with E-state index in [1.165, 1.54) is 12.0 Å². The largest absolute Gasteiger partial charge is 0.356 e. The van der Waals surface area contributed by atoms with Gasteiger partial charge in [-0.1, -0.05) is 34.5 Å². The molecule has 2 N–H and O–H groups in total. The minimum atomic E-state index is -2.88. The molecule has 1 saturated heterocycles. The summed E-state index contributed by atoms with van der Waals surface area (Å²) in [5.41, 5.74) is 1.48. The highest BCUT2D eigenvalue weighted by molar-refractivity contribution is 14.0. The summed E-state index contributed by atoms with van der Waals surface area (Å²) in [7, 11) is -1.16. The Kier molecular flexibility index (Phi) is 7.17. The number of hydrogen-bond donors (Lipinski definition) is 2. The molecule has 0 amide bonds. The van der Waals surface area contributed by atoms with Crippen LogP contribution in [0.15, 0.2) is 33.7 Å². The lowest BCUT2D eigenvalue weighted by molar-refractivity contribution is 0.243. The van der Waals surface area contributed by atoms with Crippen molar-refractivity contribution in [1.29, 1.82) is 0 Å². The van der Waals surface area contributed by atoms with Gasteiger partial charge in [-0.05, 0) is 37.0 Å². The number of hydrogen-bond acceptors (Lipinski definition) is 3. The van der Waals surface area contributed by atoms with Crippen molar-refractivity contribution in [3.8, 4) is 0 Å². The van der Waals surface area contributed by atoms with Gasteiger partial charge in [0.15, 0.2) is 15.8 Å². The maximum Gasteiger partial charge on any atom is 0.191 e. The molecule has 3 rings (SSSR count). The minimum Gasteiger partial charge on any atom is -0.356 e. The second-order valence-corrected chi connectivity index (χ2v) is 9.96. The summed E-state index contributed by atoms with van der Waals surface area (Å²) < 4.78 is 24.3. The summed E-state index contributed by atoms with van der Waals surface area (Å²) in [6, 6.07) is 8.47. The smallest absolute Gasteiger partial charge is 0.191 e. The molecule has 1 atom stereocenters. The molecule has 1 saturated carbocycles. The fourth-order valence-electron chi connectivity index (χ4n) is 3.54. The molecule has 0 aromatic heterocycles. The molecule has 2 aliphatic rings. The first-order valence-electron chi connectivity index (χ1n) is 8.36. The zero-order valence-corrected chi connectivity index (χ0v) is 19.0. The van der Waals surface area contributed by atoms with Crippen molar-refractivity contribution in [2.75, 3.05) is 25.1 Å². The predicted octanol–water partition coefficient (Wildman–Crippen LogP) is 2.84. The van der Waals surface area contributed by atoms with E-state index in [-0.39, 0.29) is 46.9 Å². The molecule has 2 fully saturated rings. The molecule has 5 nitrogen and oxygen atoms in total. The Balaban J connectivity index is 0.00000225. The number of nitrogens with one attached hydrogen (secondary N) is 2. The van der Waals surface area contributed by atoms with Crippen molar-refractivity contribution < 1.29 is 8.42 Å². The molecule has 8 heteroatoms. The van der Waals surface area contributed by atoms with E-state index in [1.807, 2.05) is 6.07 Å². The Morgan fingerprint density at radius 2 is 2.16 bits per heavy atom. The lowest BCUT2D eigenvalue weighted by atomic mass is 9.64. The van der Waals surface area contributed by atoms with Gasteiger partial charge in [0.1, 0.15) is 0 Å². The number of aliphatic imine (C=N–C) groups is 1. The normalized spacial score (nSPS) is 24.1. The van der Waals surface area contributed by atoms with Crippen molar-refractivity contribution in [1.82, 2.24) is 10.6 Å². The van der Waals surface area contributed by atoms with Crippen molar-refractivity contribution in [3.05, 3.63) is 34.3 Å². The number of rotatable bonds is 4. The van der Waals surface area contributed by atoms with Gasteiger partial charge in [-0.2, -0.15) is 0 Å². The van der Waals surface area contributed by atoms with Crippen LogP contribution in [0.1, 0.15) is 31.2 Å². The molecular weight excluding hydrogens is 517 g/mol. The Labute approximate surface area is 175 Å². The maximum atomic E-state index is 11.6. The van der Waals surface area contributed by atoms with Crippen LogP contribution in [0.2, 0.25) is 0 Å². The summed E-state index contributed by atoms with van der Waals surface area (Å²) >= 11 is 3.56. The molecule has 0 radical (unpaired) electrons. The van der Waals surface area contributed by atoms with Gasteiger partial charge < -0.3 is 10.6 Å². The monoisotopic (exact) mass is 541 g/mol. The molecule has 1 aliphatic heterocycles. The summed E-state index contributed by atoms with van der Waals surface area (Å²) in [5, 5.41) is 6.67. The van der Waals surface area contributed by atoms with Crippen LogP contribution in [0.3, 0.4) is 0 Å². The highest BCUT2D eigenvalue weighted by Crippen LogP contribution is 2.43. The Morgan fingerprint density at radius 1 is 1.40 bits per heavy atom. The van der Waals surface area contributed by atoms with Crippen LogP contribution in [0, 0.1) is 0 Å². The Hall–Kier alpha value is -0.350. The van der Waals surface area contributed by atoms with Crippen LogP contribution < -0.4 is 10.6 Å². The molecule has 1 heterocycles. The van der Waals surface area contributed by atoms with E-state index in [0.29, 0.717) is 12.4 Å². The fraction of sp³-hybridized carbons (Fsp3) is 0.588. The molecule has 0 bridgehead atoms. The van der Waals surface area contributed by atoms with Gasteiger partial charge in [0.25, 0.3) is 0 Å². The van der Waals surface area contributed by atoms with Crippen molar-refractivity contribution in [2.45, 2.75) is 37.1 Å². The minimum absolute atomic E-state index is 0. The van der Waals surface area contributed by atoms with Crippen LogP contribution in [0.5, 0.6) is 0 Å². The second kappa shape index (κ2) is 8.56. The fourth-order valence-corrected chi connectivity index (χ4v) is 5.61. The predicted molar refractivity (Wildman–Crippen MR) is 117 cm³/mol. The van der Waals surface area contributed by atoms with Crippen LogP contribution in [0.25, 0.3) is 0 Å². The summed E-state index contributed by atoms with van der Waals surface area (Å²) in [6.07, 6.45) is 4.21. The quantitative estimate of drug-likeness (QED) is 0.349. The number of benzene rings is 1. The van der Waals surface area contributed by atoms with Gasteiger partial charge in [0.05, 0.1) is 11.5 Å². The first-order chi connectivity index (χ1) is 11.4. The SMILES string of the molecule is CN=C(NCC1(c2cccc(Br)c2)CCC1)NC1CCS(=O)(=O)C1.I. The van der Waals surface area contributed by atoms with Gasteiger partial charge in [0.2, 0.25) is 0 Å². The van der Waals surface area contributed by atoms with Gasteiger partial charge in [-0.15, -0.1) is 24.0 Å². The third kappa shape index (κ3) is 5.09. The molecule has 140 valence electrons. The molecule has 1 aromatic rings. The van der Waals surface area contributed by atoms with Crippen LogP contribution in [-0.4, -0.2) is 45.5 Å². The number of guanidine groups is 1. The van der Waals surface area contributed by atoms with E-state index in [9.17, 15) is 8.42 Å². The van der Waals surface area contributed by atoms with E-state index >= 15 is 0 Å². The first-order valence-corrected chi connectivity index (χ1v) is 11.0. The van der Waals surface area contributed by atoms with Gasteiger partial charge in [0, 0.05) is 29.5 Å². The van der Waals surface area contributed by atoms with E-state index in [2.05, 4.69) is 49.8 Å². The topological polar surface area (TPSA) is 70.6 Å². The summed E-state index contributed by atoms with van der Waals surface area (Å²) in [5.74, 6) is 1.16. The Bertz CT molecular complexity index is 735. The molecular formula is C17H25BrIN3O2S. The van der Waals surface area contributed by atoms with Crippen LogP contribution in [-0.2, 0) is 15.3 Å². The van der Waals surface area contributed by atoms with Crippen molar-refractivity contribution in [2.24, 2.45) is 4.99 Å². The third-order valence-electron chi connectivity index (χ3n) is 5.14. The standard InChI is InChI=1S/C17H24BrN3O2S.HI/c1-19-16(21-15-6-9-24(22,23)11-15)20-12-17(7-3-8-17)13-4-2-5-14(18)10-13;/h2,4-5,10,15H,3,6-9,11-12H2,1H3,(H2,19,20,21);1H. The first kappa shape index (κ1) is 21.0. The third-order valence-corrected chi connectivity index (χ3v) is 7.40. The van der Waals surface area contributed by atoms with Crippen LogP contribution >= 0.6 is 39.9 Å². The lowest BCUT2D eigenvalue weighted by Gasteiger charge is -2.43. The van der Waals surface area contributed by atoms with Gasteiger partial charge in [-0.25, -0.2) is 8.42 Å². The summed E-state index contributed by atoms with van der Waals surface area (Å²) in [6.45, 7) is 0.808. The van der Waals surface area contributed by atoms with Gasteiger partial charge in [-0.3, -0.25) is 4.99 Å². The second-order valence-electron chi connectivity index (χ2n) is 6.81. The zero-order valence-electron chi connectivity index (χ0n) is 14.3. The van der Waals surface area contributed by atoms with E-state index < -0.39 is 9.84 Å². The van der Waals surface area contributed by atoms with Gasteiger partial charge >= 0.3 is 0 Å². The lowest BCUT2D eigenvalue weighted by Crippen LogP contribution is -2.51.